The summed E-state index contributed by atoms with van der Waals surface area (Å²) in [5.74, 6) is -1.76. The van der Waals surface area contributed by atoms with Crippen molar-refractivity contribution >= 4 is 17.6 Å². The summed E-state index contributed by atoms with van der Waals surface area (Å²) in [7, 11) is 0. The van der Waals surface area contributed by atoms with E-state index in [-0.39, 0.29) is 17.8 Å². The Bertz CT molecular complexity index is 523. The van der Waals surface area contributed by atoms with Crippen molar-refractivity contribution in [3.8, 4) is 0 Å². The smallest absolute Gasteiger partial charge is 0.326 e. The van der Waals surface area contributed by atoms with Crippen LogP contribution in [0, 0.1) is 10.1 Å². The fourth-order valence-corrected chi connectivity index (χ4v) is 1.78. The molecule has 0 saturated heterocycles. The average molecular weight is 283 g/mol. The largest absolute Gasteiger partial charge is 0.480 e. The molecule has 0 saturated carbocycles. The first-order chi connectivity index (χ1) is 9.40. The first-order valence-electron chi connectivity index (χ1n) is 6.28. The maximum atomic E-state index is 12.0. The van der Waals surface area contributed by atoms with Crippen LogP contribution < -0.4 is 5.32 Å². The van der Waals surface area contributed by atoms with Crippen LogP contribution in [0.4, 0.5) is 5.69 Å². The van der Waals surface area contributed by atoms with Gasteiger partial charge in [0.1, 0.15) is 11.7 Å². The summed E-state index contributed by atoms with van der Waals surface area (Å²) in [6.07, 6.45) is 2.21. The van der Waals surface area contributed by atoms with Crippen LogP contribution in [0.1, 0.15) is 37.2 Å². The Labute approximate surface area is 115 Å². The van der Waals surface area contributed by atoms with Crippen LogP contribution in [0.3, 0.4) is 0 Å². The highest BCUT2D eigenvalue weighted by atomic mass is 16.6. The molecule has 0 fully saturated rings. The van der Waals surface area contributed by atoms with Gasteiger partial charge in [-0.3, -0.25) is 14.9 Å². The number of aromatic nitrogens is 1. The predicted molar refractivity (Wildman–Crippen MR) is 70.6 cm³/mol. The van der Waals surface area contributed by atoms with Crippen molar-refractivity contribution in [2.45, 2.75) is 39.3 Å². The Kier molecular flexibility index (Phi) is 5.24. The van der Waals surface area contributed by atoms with Crippen LogP contribution in [0.25, 0.3) is 0 Å². The number of hydrogen-bond donors (Lipinski definition) is 2. The lowest BCUT2D eigenvalue weighted by molar-refractivity contribution is -0.384. The molecular formula is C12H17N3O5. The van der Waals surface area contributed by atoms with Gasteiger partial charge in [0.2, 0.25) is 0 Å². The number of aliphatic carboxylic acids is 1. The maximum Gasteiger partial charge on any atom is 0.326 e. The highest BCUT2D eigenvalue weighted by Gasteiger charge is 2.23. The highest BCUT2D eigenvalue weighted by Crippen LogP contribution is 2.17. The molecule has 0 spiro atoms. The van der Waals surface area contributed by atoms with Gasteiger partial charge in [-0.2, -0.15) is 0 Å². The molecular weight excluding hydrogens is 266 g/mol. The number of carboxylic acids is 1. The molecule has 1 aromatic heterocycles. The highest BCUT2D eigenvalue weighted by molar-refractivity contribution is 5.96. The van der Waals surface area contributed by atoms with Crippen molar-refractivity contribution < 1.29 is 19.6 Å². The number of carbonyl (C=O) groups excluding carboxylic acids is 1. The molecule has 20 heavy (non-hydrogen) atoms. The molecule has 2 N–H and O–H groups in total. The van der Waals surface area contributed by atoms with Gasteiger partial charge >= 0.3 is 5.97 Å². The van der Waals surface area contributed by atoms with E-state index in [1.165, 1.54) is 10.8 Å². The molecule has 0 aliphatic rings. The van der Waals surface area contributed by atoms with Crippen LogP contribution in [0.15, 0.2) is 12.3 Å². The molecule has 1 amide bonds. The summed E-state index contributed by atoms with van der Waals surface area (Å²) in [4.78, 5) is 33.1. The number of carbonyl (C=O) groups is 2. The van der Waals surface area contributed by atoms with Gasteiger partial charge in [-0.25, -0.2) is 4.79 Å². The third kappa shape index (κ3) is 3.56. The topological polar surface area (TPSA) is 114 Å². The molecule has 0 aromatic carbocycles. The van der Waals surface area contributed by atoms with Crippen molar-refractivity contribution in [3.63, 3.8) is 0 Å². The van der Waals surface area contributed by atoms with Gasteiger partial charge in [-0.05, 0) is 12.8 Å². The molecule has 110 valence electrons. The van der Waals surface area contributed by atoms with E-state index in [9.17, 15) is 19.7 Å². The normalized spacial score (nSPS) is 11.9. The van der Waals surface area contributed by atoms with E-state index < -0.39 is 22.8 Å². The van der Waals surface area contributed by atoms with Crippen molar-refractivity contribution in [1.82, 2.24) is 9.88 Å². The number of amides is 1. The molecule has 8 nitrogen and oxygen atoms in total. The van der Waals surface area contributed by atoms with Crippen LogP contribution >= 0.6 is 0 Å². The predicted octanol–water partition coefficient (Wildman–Crippen LogP) is 1.40. The van der Waals surface area contributed by atoms with Gasteiger partial charge in [0.25, 0.3) is 11.6 Å². The first kappa shape index (κ1) is 15.7. The van der Waals surface area contributed by atoms with Crippen molar-refractivity contribution in [2.24, 2.45) is 0 Å². The Morgan fingerprint density at radius 3 is 2.60 bits per heavy atom. The van der Waals surface area contributed by atoms with Crippen molar-refractivity contribution in [1.29, 1.82) is 0 Å². The van der Waals surface area contributed by atoms with E-state index in [1.807, 2.05) is 6.92 Å². The Morgan fingerprint density at radius 1 is 1.50 bits per heavy atom. The fraction of sp³-hybridized carbons (Fsp3) is 0.500. The summed E-state index contributed by atoms with van der Waals surface area (Å²) in [6, 6.07) is 0.145. The number of nitrogens with one attached hydrogen (secondary N) is 1. The lowest BCUT2D eigenvalue weighted by Gasteiger charge is -2.13. The SMILES string of the molecule is CCCn1cc([N+](=O)[O-])cc1C(=O)N[C@H](CC)C(=O)O. The zero-order valence-corrected chi connectivity index (χ0v) is 11.3. The van der Waals surface area contributed by atoms with Crippen LogP contribution in [-0.4, -0.2) is 32.5 Å². The molecule has 0 unspecified atom stereocenters. The number of rotatable bonds is 7. The van der Waals surface area contributed by atoms with Crippen molar-refractivity contribution in [2.75, 3.05) is 0 Å². The standard InChI is InChI=1S/C12H17N3O5/c1-3-5-14-7-8(15(19)20)6-10(14)11(16)13-9(4-2)12(17)18/h6-7,9H,3-5H2,1-2H3,(H,13,16)(H,17,18)/t9-/m1/s1. The quantitative estimate of drug-likeness (QED) is 0.579. The second kappa shape index (κ2) is 6.69. The number of carboxylic acid groups (broad SMARTS) is 1. The minimum atomic E-state index is -1.14. The van der Waals surface area contributed by atoms with Gasteiger partial charge in [0, 0.05) is 12.6 Å². The second-order valence-corrected chi connectivity index (χ2v) is 4.31. The molecule has 8 heteroatoms. The Hall–Kier alpha value is -2.38. The van der Waals surface area contributed by atoms with Crippen LogP contribution in [0.2, 0.25) is 0 Å². The second-order valence-electron chi connectivity index (χ2n) is 4.31. The summed E-state index contributed by atoms with van der Waals surface area (Å²) in [6.45, 7) is 3.95. The summed E-state index contributed by atoms with van der Waals surface area (Å²) >= 11 is 0. The molecule has 1 aromatic rings. The minimum absolute atomic E-state index is 0.0956. The maximum absolute atomic E-state index is 12.0. The monoisotopic (exact) mass is 283 g/mol. The number of hydrogen-bond acceptors (Lipinski definition) is 4. The molecule has 1 rings (SSSR count). The number of nitro groups is 1. The third-order valence-electron chi connectivity index (χ3n) is 2.80. The summed E-state index contributed by atoms with van der Waals surface area (Å²) < 4.78 is 1.46. The van der Waals surface area contributed by atoms with Crippen molar-refractivity contribution in [3.05, 3.63) is 28.1 Å². The summed E-state index contributed by atoms with van der Waals surface area (Å²) in [5, 5.41) is 22.0. The number of aryl methyl sites for hydroxylation is 1. The third-order valence-corrected chi connectivity index (χ3v) is 2.80. The first-order valence-corrected chi connectivity index (χ1v) is 6.28. The zero-order valence-electron chi connectivity index (χ0n) is 11.3. The molecule has 0 radical (unpaired) electrons. The van der Waals surface area contributed by atoms with Crippen LogP contribution in [0.5, 0.6) is 0 Å². The fourth-order valence-electron chi connectivity index (χ4n) is 1.78. The molecule has 1 heterocycles. The zero-order chi connectivity index (χ0) is 15.3. The van der Waals surface area contributed by atoms with E-state index in [0.29, 0.717) is 13.0 Å². The molecule has 0 bridgehead atoms. The average Bonchev–Trinajstić information content (AvgIpc) is 2.80. The van der Waals surface area contributed by atoms with Gasteiger partial charge in [-0.1, -0.05) is 13.8 Å². The summed E-state index contributed by atoms with van der Waals surface area (Å²) in [5.41, 5.74) is -0.0924. The van der Waals surface area contributed by atoms with Gasteiger partial charge in [-0.15, -0.1) is 0 Å². The van der Waals surface area contributed by atoms with Crippen LogP contribution in [-0.2, 0) is 11.3 Å². The van der Waals surface area contributed by atoms with Gasteiger partial charge in [0.05, 0.1) is 11.1 Å². The van der Waals surface area contributed by atoms with E-state index >= 15 is 0 Å². The van der Waals surface area contributed by atoms with E-state index in [4.69, 9.17) is 5.11 Å². The Balaban J connectivity index is 3.01. The molecule has 0 aliphatic heterocycles. The van der Waals surface area contributed by atoms with E-state index in [1.54, 1.807) is 6.92 Å². The lowest BCUT2D eigenvalue weighted by atomic mass is 10.2. The molecule has 1 atom stereocenters. The Morgan fingerprint density at radius 2 is 2.15 bits per heavy atom. The van der Waals surface area contributed by atoms with E-state index in [2.05, 4.69) is 5.32 Å². The van der Waals surface area contributed by atoms with Gasteiger partial charge in [0.15, 0.2) is 0 Å². The number of nitrogens with zero attached hydrogens (tertiary/aromatic N) is 2. The minimum Gasteiger partial charge on any atom is -0.480 e. The molecule has 0 aliphatic carbocycles. The van der Waals surface area contributed by atoms with E-state index in [0.717, 1.165) is 6.07 Å². The lowest BCUT2D eigenvalue weighted by Crippen LogP contribution is -2.40. The van der Waals surface area contributed by atoms with Gasteiger partial charge < -0.3 is 15.0 Å².